The Labute approximate surface area is 283 Å². The van der Waals surface area contributed by atoms with Crippen LogP contribution in [0.4, 0.5) is 11.4 Å². The number of carbonyl (C=O) groups is 2. The van der Waals surface area contributed by atoms with Gasteiger partial charge in [0.1, 0.15) is 6.54 Å². The second kappa shape index (κ2) is 11.7. The van der Waals surface area contributed by atoms with Gasteiger partial charge in [0.05, 0.1) is 5.41 Å². The second-order valence-corrected chi connectivity index (χ2v) is 14.5. The van der Waals surface area contributed by atoms with Crippen LogP contribution in [0.5, 0.6) is 0 Å². The summed E-state index contributed by atoms with van der Waals surface area (Å²) in [6.07, 6.45) is 7.39. The molecule has 0 spiro atoms. The number of benzene rings is 4. The predicted octanol–water partition coefficient (Wildman–Crippen LogP) is 8.34. The van der Waals surface area contributed by atoms with Gasteiger partial charge in [-0.2, -0.15) is 4.58 Å². The van der Waals surface area contributed by atoms with Gasteiger partial charge in [-0.3, -0.25) is 9.59 Å². The zero-order valence-electron chi connectivity index (χ0n) is 28.9. The Balaban J connectivity index is 1.39. The molecule has 5 nitrogen and oxygen atoms in total. The Bertz CT molecular complexity index is 2160. The lowest BCUT2D eigenvalue weighted by atomic mass is 9.78. The summed E-state index contributed by atoms with van der Waals surface area (Å²) in [6, 6.07) is 25.3. The summed E-state index contributed by atoms with van der Waals surface area (Å²) in [7, 11) is 0. The molecule has 0 bridgehead atoms. The number of unbranched alkanes of at least 4 members (excludes halogenated alkanes) is 2. The lowest BCUT2D eigenvalue weighted by Gasteiger charge is -2.28. The number of fused-ring (bicyclic) bond motifs is 6. The van der Waals surface area contributed by atoms with Crippen LogP contribution in [0.25, 0.3) is 21.5 Å². The number of nitrogens with zero attached hydrogens (tertiary/aromatic N) is 2. The third-order valence-corrected chi connectivity index (χ3v) is 10.7. The Hall–Kier alpha value is -4.77. The molecule has 0 saturated heterocycles. The summed E-state index contributed by atoms with van der Waals surface area (Å²) in [5.41, 5.74) is 5.27. The molecule has 7 rings (SSSR count). The smallest absolute Gasteiger partial charge is 0.233 e. The van der Waals surface area contributed by atoms with E-state index in [0.29, 0.717) is 0 Å². The molecule has 244 valence electrons. The average molecular weight is 637 g/mol. The normalized spacial score (nSPS) is 19.9. The van der Waals surface area contributed by atoms with Crippen LogP contribution < -0.4 is 10.0 Å². The van der Waals surface area contributed by atoms with Gasteiger partial charge in [-0.1, -0.05) is 101 Å². The van der Waals surface area contributed by atoms with Crippen LogP contribution in [-0.2, 0) is 20.4 Å². The maximum Gasteiger partial charge on any atom is 0.233 e. The highest BCUT2D eigenvalue weighted by Crippen LogP contribution is 2.51. The number of allylic oxidation sites excluding steroid dienone is 5. The number of hydrogen-bond donors (Lipinski definition) is 0. The molecule has 4 aromatic carbocycles. The first-order valence-corrected chi connectivity index (χ1v) is 17.4. The molecule has 4 aromatic rings. The van der Waals surface area contributed by atoms with Gasteiger partial charge in [-0.05, 0) is 65.6 Å². The van der Waals surface area contributed by atoms with E-state index in [0.717, 1.165) is 83.1 Å². The van der Waals surface area contributed by atoms with Crippen LogP contribution in [0.15, 0.2) is 108 Å². The molecule has 0 amide bonds. The van der Waals surface area contributed by atoms with Crippen molar-refractivity contribution in [1.29, 1.82) is 0 Å². The van der Waals surface area contributed by atoms with Gasteiger partial charge in [0.2, 0.25) is 17.3 Å². The number of Topliss-reactive ketones (excluding diaryl/α,β-unsaturated/α-hetero) is 2. The summed E-state index contributed by atoms with van der Waals surface area (Å²) in [6.45, 7) is 14.5. The third-order valence-electron chi connectivity index (χ3n) is 10.7. The molecule has 0 unspecified atom stereocenters. The zero-order valence-corrected chi connectivity index (χ0v) is 28.9. The SMILES string of the molecule is CCCCN1/C(=C\C2=C([O-])C(=C/C3=[N+](CCCC)c4ccc5ccccc5c4C3(C)C)/C(=O)C2=O)C(C)(C)c2c1ccc1ccccc21. The topological polar surface area (TPSA) is 63.4 Å². The molecule has 0 N–H and O–H groups in total. The summed E-state index contributed by atoms with van der Waals surface area (Å²) in [5.74, 6) is -1.92. The van der Waals surface area contributed by atoms with E-state index in [9.17, 15) is 14.7 Å². The van der Waals surface area contributed by atoms with E-state index in [-0.39, 0.29) is 11.1 Å². The number of anilines is 1. The number of hydrogen-bond acceptors (Lipinski definition) is 4. The quantitative estimate of drug-likeness (QED) is 0.111. The monoisotopic (exact) mass is 636 g/mol. The van der Waals surface area contributed by atoms with Crippen molar-refractivity contribution in [2.24, 2.45) is 0 Å². The lowest BCUT2D eigenvalue weighted by molar-refractivity contribution is -0.438. The van der Waals surface area contributed by atoms with Crippen LogP contribution >= 0.6 is 0 Å². The standard InChI is InChI=1S/C43H44N2O3/c1-7-9-23-44-33-21-19-27-15-11-13-17-29(27)37(33)42(3,4)35(44)25-31-39(46)32(41(48)40(31)47)26-36-43(5,6)38-30-18-14-12-16-28(30)20-22-34(38)45(36)24-10-8-2/h11-22,25-26H,7-10,23-24H2,1-6H3. The first-order valence-electron chi connectivity index (χ1n) is 17.4. The largest absolute Gasteiger partial charge is 0.871 e. The van der Waals surface area contributed by atoms with Gasteiger partial charge >= 0.3 is 0 Å². The van der Waals surface area contributed by atoms with Crippen molar-refractivity contribution >= 4 is 50.2 Å². The van der Waals surface area contributed by atoms with Gasteiger partial charge < -0.3 is 10.0 Å². The summed E-state index contributed by atoms with van der Waals surface area (Å²) in [4.78, 5) is 29.8. The first kappa shape index (κ1) is 31.8. The minimum atomic E-state index is -0.717. The molecular weight excluding hydrogens is 592 g/mol. The van der Waals surface area contributed by atoms with Gasteiger partial charge in [-0.25, -0.2) is 0 Å². The van der Waals surface area contributed by atoms with Gasteiger partial charge in [0.25, 0.3) is 0 Å². The highest BCUT2D eigenvalue weighted by atomic mass is 16.3. The first-order chi connectivity index (χ1) is 23.0. The molecule has 2 heterocycles. The van der Waals surface area contributed by atoms with Gasteiger partial charge in [-0.15, -0.1) is 0 Å². The molecular formula is C43H44N2O3. The maximum absolute atomic E-state index is 14.3. The minimum absolute atomic E-state index is 0.0348. The Morgan fingerprint density at radius 1 is 0.729 bits per heavy atom. The van der Waals surface area contributed by atoms with Crippen LogP contribution in [0.2, 0.25) is 0 Å². The van der Waals surface area contributed by atoms with Gasteiger partial charge in [0, 0.05) is 58.6 Å². The summed E-state index contributed by atoms with van der Waals surface area (Å²) in [5, 5.41) is 18.9. The fourth-order valence-corrected chi connectivity index (χ4v) is 8.24. The predicted molar refractivity (Wildman–Crippen MR) is 194 cm³/mol. The zero-order chi connectivity index (χ0) is 34.0. The maximum atomic E-state index is 14.3. The fraction of sp³-hybridized carbons (Fsp3) is 0.326. The van der Waals surface area contributed by atoms with E-state index in [2.05, 4.69) is 112 Å². The van der Waals surface area contributed by atoms with E-state index in [1.54, 1.807) is 12.2 Å². The molecule has 5 heteroatoms. The van der Waals surface area contributed by atoms with Crippen molar-refractivity contribution in [2.45, 2.75) is 78.1 Å². The average Bonchev–Trinajstić information content (AvgIpc) is 3.53. The van der Waals surface area contributed by atoms with E-state index in [1.165, 1.54) is 11.1 Å². The molecule has 48 heavy (non-hydrogen) atoms. The van der Waals surface area contributed by atoms with E-state index < -0.39 is 28.2 Å². The molecule has 0 atom stereocenters. The molecule has 0 saturated carbocycles. The Kier molecular flexibility index (Phi) is 7.77. The molecule has 1 aliphatic carbocycles. The van der Waals surface area contributed by atoms with Crippen molar-refractivity contribution < 1.29 is 19.3 Å². The van der Waals surface area contributed by atoms with E-state index >= 15 is 0 Å². The van der Waals surface area contributed by atoms with Crippen molar-refractivity contribution in [2.75, 3.05) is 18.0 Å². The second-order valence-electron chi connectivity index (χ2n) is 14.5. The number of rotatable bonds is 8. The van der Waals surface area contributed by atoms with Crippen molar-refractivity contribution in [3.05, 3.63) is 119 Å². The van der Waals surface area contributed by atoms with Gasteiger partial charge in [0.15, 0.2) is 5.71 Å². The van der Waals surface area contributed by atoms with Crippen LogP contribution in [0, 0.1) is 0 Å². The summed E-state index contributed by atoms with van der Waals surface area (Å²) >= 11 is 0. The van der Waals surface area contributed by atoms with E-state index in [4.69, 9.17) is 0 Å². The summed E-state index contributed by atoms with van der Waals surface area (Å²) < 4.78 is 2.26. The molecule has 3 aliphatic rings. The highest BCUT2D eigenvalue weighted by Gasteiger charge is 2.47. The van der Waals surface area contributed by atoms with Crippen molar-refractivity contribution in [3.8, 4) is 0 Å². The molecule has 2 aliphatic heterocycles. The minimum Gasteiger partial charge on any atom is -0.871 e. The Morgan fingerprint density at radius 3 is 2.02 bits per heavy atom. The third kappa shape index (κ3) is 4.69. The van der Waals surface area contributed by atoms with Crippen LogP contribution in [0.3, 0.4) is 0 Å². The fourth-order valence-electron chi connectivity index (χ4n) is 8.24. The van der Waals surface area contributed by atoms with E-state index in [1.807, 2.05) is 12.1 Å². The molecule has 0 radical (unpaired) electrons. The van der Waals surface area contributed by atoms with Crippen molar-refractivity contribution in [3.63, 3.8) is 0 Å². The molecule has 0 aromatic heterocycles. The molecule has 0 fully saturated rings. The van der Waals surface area contributed by atoms with Crippen LogP contribution in [0.1, 0.15) is 78.4 Å². The highest BCUT2D eigenvalue weighted by molar-refractivity contribution is 6.54. The van der Waals surface area contributed by atoms with Crippen LogP contribution in [-0.4, -0.2) is 34.9 Å². The number of carbonyl (C=O) groups excluding carboxylic acids is 2. The lowest BCUT2D eigenvalue weighted by Crippen LogP contribution is -2.29. The number of ketones is 2. The van der Waals surface area contributed by atoms with Crippen molar-refractivity contribution in [1.82, 2.24) is 0 Å². The Morgan fingerprint density at radius 2 is 1.35 bits per heavy atom.